The highest BCUT2D eigenvalue weighted by molar-refractivity contribution is 6.35. The molecule has 1 amide bonds. The summed E-state index contributed by atoms with van der Waals surface area (Å²) in [5.41, 5.74) is 1.05. The predicted molar refractivity (Wildman–Crippen MR) is 84.3 cm³/mol. The van der Waals surface area contributed by atoms with E-state index in [0.717, 1.165) is 5.39 Å². The number of furan rings is 1. The van der Waals surface area contributed by atoms with E-state index in [-0.39, 0.29) is 12.2 Å². The molecule has 0 fully saturated rings. The number of amides is 1. The number of aliphatic carboxylic acids is 1. The molecule has 0 saturated heterocycles. The van der Waals surface area contributed by atoms with E-state index in [0.29, 0.717) is 16.2 Å². The van der Waals surface area contributed by atoms with Crippen LogP contribution in [0.15, 0.2) is 34.8 Å². The zero-order chi connectivity index (χ0) is 16.3. The highest BCUT2D eigenvalue weighted by Crippen LogP contribution is 2.30. The van der Waals surface area contributed by atoms with Crippen molar-refractivity contribution in [1.29, 1.82) is 0 Å². The number of hydrogen-bond acceptors (Lipinski definition) is 3. The number of nitrogens with one attached hydrogen (secondary N) is 1. The number of halogens is 1. The fraction of sp³-hybridized carbons (Fsp3) is 0.250. The lowest BCUT2D eigenvalue weighted by molar-refractivity contribution is -0.139. The van der Waals surface area contributed by atoms with Gasteiger partial charge in [-0.25, -0.2) is 4.79 Å². The van der Waals surface area contributed by atoms with Gasteiger partial charge < -0.3 is 14.8 Å². The van der Waals surface area contributed by atoms with Gasteiger partial charge in [0.1, 0.15) is 6.04 Å². The summed E-state index contributed by atoms with van der Waals surface area (Å²) in [6, 6.07) is 4.22. The first-order chi connectivity index (χ1) is 10.5. The third kappa shape index (κ3) is 3.14. The Kier molecular flexibility index (Phi) is 4.88. The van der Waals surface area contributed by atoms with Crippen LogP contribution in [0.2, 0.25) is 5.02 Å². The van der Waals surface area contributed by atoms with Gasteiger partial charge in [0.25, 0.3) is 5.91 Å². The molecular formula is C16H16ClNO4. The largest absolute Gasteiger partial charge is 0.480 e. The molecule has 5 nitrogen and oxygen atoms in total. The quantitative estimate of drug-likeness (QED) is 0.825. The van der Waals surface area contributed by atoms with Crippen LogP contribution in [0.25, 0.3) is 11.0 Å². The molecule has 6 heteroatoms. The van der Waals surface area contributed by atoms with Crippen molar-refractivity contribution in [2.75, 3.05) is 0 Å². The number of benzene rings is 1. The van der Waals surface area contributed by atoms with Crippen molar-refractivity contribution in [2.45, 2.75) is 26.3 Å². The molecule has 0 aliphatic rings. The Labute approximate surface area is 132 Å². The lowest BCUT2D eigenvalue weighted by Gasteiger charge is -2.11. The molecule has 1 unspecified atom stereocenters. The first kappa shape index (κ1) is 16.1. The van der Waals surface area contributed by atoms with Crippen molar-refractivity contribution in [2.24, 2.45) is 0 Å². The molecule has 0 radical (unpaired) electrons. The third-order valence-corrected chi connectivity index (χ3v) is 3.63. The number of para-hydroxylation sites is 1. The lowest BCUT2D eigenvalue weighted by atomic mass is 10.1. The first-order valence-electron chi connectivity index (χ1n) is 6.78. The van der Waals surface area contributed by atoms with Gasteiger partial charge in [0.05, 0.1) is 5.02 Å². The van der Waals surface area contributed by atoms with Gasteiger partial charge in [0.15, 0.2) is 11.3 Å². The summed E-state index contributed by atoms with van der Waals surface area (Å²) in [6.07, 6.45) is 3.62. The van der Waals surface area contributed by atoms with E-state index in [2.05, 4.69) is 5.32 Å². The summed E-state index contributed by atoms with van der Waals surface area (Å²) in [7, 11) is 0. The molecule has 22 heavy (non-hydrogen) atoms. The average molecular weight is 322 g/mol. The summed E-state index contributed by atoms with van der Waals surface area (Å²) >= 11 is 6.04. The van der Waals surface area contributed by atoms with Crippen molar-refractivity contribution in [3.8, 4) is 0 Å². The molecule has 2 N–H and O–H groups in total. The molecule has 2 rings (SSSR count). The molecule has 0 aliphatic heterocycles. The number of carbonyl (C=O) groups excluding carboxylic acids is 1. The van der Waals surface area contributed by atoms with Gasteiger partial charge in [-0.1, -0.05) is 35.9 Å². The smallest absolute Gasteiger partial charge is 0.326 e. The molecule has 0 bridgehead atoms. The van der Waals surface area contributed by atoms with E-state index in [1.165, 1.54) is 0 Å². The molecule has 1 atom stereocenters. The number of fused-ring (bicyclic) bond motifs is 1. The van der Waals surface area contributed by atoms with Gasteiger partial charge in [-0.2, -0.15) is 0 Å². The van der Waals surface area contributed by atoms with Gasteiger partial charge >= 0.3 is 5.97 Å². The van der Waals surface area contributed by atoms with Crippen LogP contribution in [0.3, 0.4) is 0 Å². The Bertz CT molecular complexity index is 748. The lowest BCUT2D eigenvalue weighted by Crippen LogP contribution is -2.40. The summed E-state index contributed by atoms with van der Waals surface area (Å²) in [5.74, 6) is -1.59. The summed E-state index contributed by atoms with van der Waals surface area (Å²) in [5, 5.41) is 12.8. The Morgan fingerprint density at radius 3 is 2.77 bits per heavy atom. The van der Waals surface area contributed by atoms with Crippen molar-refractivity contribution < 1.29 is 19.1 Å². The number of hydrogen-bond donors (Lipinski definition) is 2. The van der Waals surface area contributed by atoms with Crippen LogP contribution in [-0.2, 0) is 4.79 Å². The minimum atomic E-state index is -1.10. The van der Waals surface area contributed by atoms with Crippen molar-refractivity contribution in [1.82, 2.24) is 5.32 Å². The van der Waals surface area contributed by atoms with Gasteiger partial charge in [0.2, 0.25) is 0 Å². The number of aryl methyl sites for hydroxylation is 1. The molecule has 0 spiro atoms. The zero-order valence-corrected chi connectivity index (χ0v) is 13.0. The number of carboxylic acids is 1. The average Bonchev–Trinajstić information content (AvgIpc) is 2.82. The maximum absolute atomic E-state index is 12.3. The first-order valence-corrected chi connectivity index (χ1v) is 7.16. The zero-order valence-electron chi connectivity index (χ0n) is 12.2. The maximum Gasteiger partial charge on any atom is 0.326 e. The predicted octanol–water partition coefficient (Wildman–Crippen LogP) is 3.54. The Balaban J connectivity index is 2.31. The minimum Gasteiger partial charge on any atom is -0.480 e. The van der Waals surface area contributed by atoms with E-state index in [1.807, 2.05) is 0 Å². The second-order valence-corrected chi connectivity index (χ2v) is 5.25. The fourth-order valence-electron chi connectivity index (χ4n) is 2.14. The second-order valence-electron chi connectivity index (χ2n) is 4.84. The fourth-order valence-corrected chi connectivity index (χ4v) is 2.36. The molecule has 1 aromatic heterocycles. The van der Waals surface area contributed by atoms with Gasteiger partial charge in [-0.3, -0.25) is 4.79 Å². The summed E-state index contributed by atoms with van der Waals surface area (Å²) in [4.78, 5) is 23.5. The topological polar surface area (TPSA) is 79.5 Å². The molecule has 0 saturated carbocycles. The van der Waals surface area contributed by atoms with E-state index in [9.17, 15) is 9.59 Å². The normalized spacial score (nSPS) is 12.7. The standard InChI is InChI=1S/C16H16ClNO4/c1-3-4-8-12(16(20)21)18-15(19)13-9(2)10-6-5-7-11(17)14(10)22-13/h3-7,12H,8H2,1-2H3,(H,18,19)(H,20,21)/b4-3+. The molecule has 2 aromatic rings. The van der Waals surface area contributed by atoms with Gasteiger partial charge in [-0.15, -0.1) is 0 Å². The van der Waals surface area contributed by atoms with Crippen LogP contribution in [-0.4, -0.2) is 23.0 Å². The van der Waals surface area contributed by atoms with E-state index in [1.54, 1.807) is 44.2 Å². The number of carboxylic acid groups (broad SMARTS) is 1. The highest BCUT2D eigenvalue weighted by Gasteiger charge is 2.24. The minimum absolute atomic E-state index is 0.0785. The summed E-state index contributed by atoms with van der Waals surface area (Å²) < 4.78 is 5.52. The van der Waals surface area contributed by atoms with Crippen LogP contribution < -0.4 is 5.32 Å². The SMILES string of the molecule is C/C=C/CC(NC(=O)c1oc2c(Cl)cccc2c1C)C(=O)O. The monoisotopic (exact) mass is 321 g/mol. The number of allylic oxidation sites excluding steroid dienone is 1. The Hall–Kier alpha value is -2.27. The third-order valence-electron chi connectivity index (χ3n) is 3.33. The van der Waals surface area contributed by atoms with E-state index in [4.69, 9.17) is 21.1 Å². The van der Waals surface area contributed by atoms with Crippen LogP contribution in [0.5, 0.6) is 0 Å². The van der Waals surface area contributed by atoms with Crippen molar-refractivity contribution in [3.63, 3.8) is 0 Å². The van der Waals surface area contributed by atoms with E-state index >= 15 is 0 Å². The summed E-state index contributed by atoms with van der Waals surface area (Å²) in [6.45, 7) is 3.52. The molecule has 1 heterocycles. The molecule has 116 valence electrons. The Morgan fingerprint density at radius 1 is 1.45 bits per heavy atom. The maximum atomic E-state index is 12.3. The second kappa shape index (κ2) is 6.66. The highest BCUT2D eigenvalue weighted by atomic mass is 35.5. The van der Waals surface area contributed by atoms with Crippen molar-refractivity contribution >= 4 is 34.4 Å². The van der Waals surface area contributed by atoms with Crippen LogP contribution >= 0.6 is 11.6 Å². The Morgan fingerprint density at radius 2 is 2.18 bits per heavy atom. The van der Waals surface area contributed by atoms with Gasteiger partial charge in [0, 0.05) is 10.9 Å². The number of rotatable bonds is 5. The van der Waals surface area contributed by atoms with Crippen molar-refractivity contribution in [3.05, 3.63) is 46.7 Å². The van der Waals surface area contributed by atoms with Crippen LogP contribution in [0.4, 0.5) is 0 Å². The van der Waals surface area contributed by atoms with Crippen LogP contribution in [0, 0.1) is 6.92 Å². The van der Waals surface area contributed by atoms with Gasteiger partial charge in [-0.05, 0) is 26.3 Å². The van der Waals surface area contributed by atoms with E-state index < -0.39 is 17.9 Å². The number of carbonyl (C=O) groups is 2. The molecular weight excluding hydrogens is 306 g/mol. The molecule has 0 aliphatic carbocycles. The molecule has 1 aromatic carbocycles. The van der Waals surface area contributed by atoms with Crippen LogP contribution in [0.1, 0.15) is 29.5 Å².